The van der Waals surface area contributed by atoms with Crippen molar-refractivity contribution in [3.05, 3.63) is 27.8 Å². The molecule has 3 aromatic heterocycles. The average Bonchev–Trinajstić information content (AvgIpc) is 3.38. The number of thiazole rings is 1. The van der Waals surface area contributed by atoms with Crippen LogP contribution in [0.25, 0.3) is 10.2 Å². The van der Waals surface area contributed by atoms with Crippen molar-refractivity contribution in [1.82, 2.24) is 19.9 Å². The molecule has 0 atom stereocenters. The monoisotopic (exact) mass is 442 g/mol. The molecule has 0 unspecified atom stereocenters. The Labute approximate surface area is 186 Å². The fraction of sp³-hybridized carbons (Fsp3) is 0.591. The fourth-order valence-corrected chi connectivity index (χ4v) is 6.21. The van der Waals surface area contributed by atoms with Crippen molar-refractivity contribution >= 4 is 43.8 Å². The van der Waals surface area contributed by atoms with Gasteiger partial charge in [0, 0.05) is 42.6 Å². The normalized spacial score (nSPS) is 19.2. The fourth-order valence-electron chi connectivity index (χ4n) is 4.47. The summed E-state index contributed by atoms with van der Waals surface area (Å²) in [6.45, 7) is 13.9. The summed E-state index contributed by atoms with van der Waals surface area (Å²) in [5.41, 5.74) is 1.34. The second kappa shape index (κ2) is 8.40. The third-order valence-corrected chi connectivity index (χ3v) is 8.50. The molecule has 0 saturated carbocycles. The quantitative estimate of drug-likeness (QED) is 0.600. The highest BCUT2D eigenvalue weighted by Crippen LogP contribution is 2.36. The molecule has 0 aliphatic carbocycles. The van der Waals surface area contributed by atoms with E-state index in [9.17, 15) is 0 Å². The number of piperidine rings is 1. The minimum absolute atomic E-state index is 0.844. The van der Waals surface area contributed by atoms with E-state index in [0.29, 0.717) is 0 Å². The molecule has 8 heteroatoms. The summed E-state index contributed by atoms with van der Waals surface area (Å²) in [6.07, 6.45) is 4.46. The van der Waals surface area contributed by atoms with Gasteiger partial charge in [0.2, 0.25) is 0 Å². The summed E-state index contributed by atoms with van der Waals surface area (Å²) in [5, 5.41) is 4.45. The number of anilines is 2. The Bertz CT molecular complexity index is 998. The van der Waals surface area contributed by atoms with Crippen molar-refractivity contribution in [2.24, 2.45) is 5.92 Å². The van der Waals surface area contributed by atoms with Crippen molar-refractivity contribution in [1.29, 1.82) is 0 Å². The second-order valence-corrected chi connectivity index (χ2v) is 10.8. The van der Waals surface area contributed by atoms with E-state index >= 15 is 0 Å². The molecule has 0 spiro atoms. The SMILES string of the molecule is Cc1sc2nc(CN3CCC(C)CC3)nc(N3CCN(c4nccs4)CC3)c2c1C. The summed E-state index contributed by atoms with van der Waals surface area (Å²) in [7, 11) is 0. The molecule has 30 heavy (non-hydrogen) atoms. The van der Waals surface area contributed by atoms with E-state index in [4.69, 9.17) is 9.97 Å². The molecule has 3 aromatic rings. The lowest BCUT2D eigenvalue weighted by Crippen LogP contribution is -2.47. The largest absolute Gasteiger partial charge is 0.352 e. The van der Waals surface area contributed by atoms with Crippen molar-refractivity contribution in [3.63, 3.8) is 0 Å². The summed E-state index contributed by atoms with van der Waals surface area (Å²) in [4.78, 5) is 24.5. The molecule has 0 amide bonds. The van der Waals surface area contributed by atoms with E-state index in [2.05, 4.69) is 45.8 Å². The van der Waals surface area contributed by atoms with Crippen LogP contribution in [-0.4, -0.2) is 59.1 Å². The first kappa shape index (κ1) is 20.2. The van der Waals surface area contributed by atoms with Gasteiger partial charge in [-0.2, -0.15) is 0 Å². The zero-order chi connectivity index (χ0) is 20.7. The number of piperazine rings is 1. The van der Waals surface area contributed by atoms with Gasteiger partial charge in [0.1, 0.15) is 16.5 Å². The predicted octanol–water partition coefficient (Wildman–Crippen LogP) is 4.32. The lowest BCUT2D eigenvalue weighted by Gasteiger charge is -2.36. The van der Waals surface area contributed by atoms with Crippen LogP contribution < -0.4 is 9.80 Å². The zero-order valence-corrected chi connectivity index (χ0v) is 19.7. The molecule has 2 fully saturated rings. The molecular weight excluding hydrogens is 412 g/mol. The number of hydrogen-bond donors (Lipinski definition) is 0. The van der Waals surface area contributed by atoms with Gasteiger partial charge in [-0.25, -0.2) is 15.0 Å². The zero-order valence-electron chi connectivity index (χ0n) is 18.1. The number of aryl methyl sites for hydroxylation is 2. The van der Waals surface area contributed by atoms with E-state index in [1.54, 1.807) is 11.3 Å². The Morgan fingerprint density at radius 1 is 1.00 bits per heavy atom. The number of rotatable bonds is 4. The maximum absolute atomic E-state index is 5.15. The van der Waals surface area contributed by atoms with Crippen LogP contribution in [0.5, 0.6) is 0 Å². The Hall–Kier alpha value is -1.77. The lowest BCUT2D eigenvalue weighted by molar-refractivity contribution is 0.181. The van der Waals surface area contributed by atoms with Crippen LogP contribution >= 0.6 is 22.7 Å². The molecule has 2 aliphatic heterocycles. The number of thiophene rings is 1. The van der Waals surface area contributed by atoms with Gasteiger partial charge in [0.25, 0.3) is 0 Å². The van der Waals surface area contributed by atoms with Crippen LogP contribution in [0, 0.1) is 19.8 Å². The van der Waals surface area contributed by atoms with Gasteiger partial charge in [-0.15, -0.1) is 22.7 Å². The van der Waals surface area contributed by atoms with Crippen molar-refractivity contribution in [2.75, 3.05) is 49.1 Å². The summed E-state index contributed by atoms with van der Waals surface area (Å²) in [6, 6.07) is 0. The highest BCUT2D eigenvalue weighted by molar-refractivity contribution is 7.18. The van der Waals surface area contributed by atoms with E-state index in [-0.39, 0.29) is 0 Å². The molecule has 2 saturated heterocycles. The third kappa shape index (κ3) is 3.92. The van der Waals surface area contributed by atoms with Crippen LogP contribution in [0.1, 0.15) is 36.0 Å². The molecule has 2 aliphatic rings. The number of nitrogens with zero attached hydrogens (tertiary/aromatic N) is 6. The van der Waals surface area contributed by atoms with E-state index < -0.39 is 0 Å². The molecule has 5 heterocycles. The number of fused-ring (bicyclic) bond motifs is 1. The minimum atomic E-state index is 0.844. The van der Waals surface area contributed by atoms with Gasteiger partial charge in [-0.05, 0) is 51.3 Å². The second-order valence-electron chi connectivity index (χ2n) is 8.67. The number of aromatic nitrogens is 3. The van der Waals surface area contributed by atoms with Gasteiger partial charge in [0.15, 0.2) is 5.13 Å². The van der Waals surface area contributed by atoms with Crippen LogP contribution in [0.4, 0.5) is 10.9 Å². The van der Waals surface area contributed by atoms with E-state index in [1.165, 1.54) is 28.7 Å². The van der Waals surface area contributed by atoms with Gasteiger partial charge in [-0.3, -0.25) is 4.90 Å². The van der Waals surface area contributed by atoms with Crippen molar-refractivity contribution in [3.8, 4) is 0 Å². The van der Waals surface area contributed by atoms with Crippen LogP contribution in [0.2, 0.25) is 0 Å². The summed E-state index contributed by atoms with van der Waals surface area (Å²) < 4.78 is 0. The third-order valence-electron chi connectivity index (χ3n) is 6.57. The molecular formula is C22H30N6S2. The molecule has 6 nitrogen and oxygen atoms in total. The van der Waals surface area contributed by atoms with Crippen molar-refractivity contribution in [2.45, 2.75) is 40.2 Å². The Morgan fingerprint density at radius 2 is 1.73 bits per heavy atom. The highest BCUT2D eigenvalue weighted by atomic mass is 32.1. The van der Waals surface area contributed by atoms with Gasteiger partial charge in [0.05, 0.1) is 11.9 Å². The first-order valence-electron chi connectivity index (χ1n) is 11.0. The van der Waals surface area contributed by atoms with E-state index in [0.717, 1.165) is 73.3 Å². The first-order chi connectivity index (χ1) is 14.6. The maximum atomic E-state index is 5.15. The van der Waals surface area contributed by atoms with Crippen LogP contribution in [-0.2, 0) is 6.54 Å². The predicted molar refractivity (Wildman–Crippen MR) is 127 cm³/mol. The number of hydrogen-bond acceptors (Lipinski definition) is 8. The Kier molecular flexibility index (Phi) is 5.64. The molecule has 160 valence electrons. The summed E-state index contributed by atoms with van der Waals surface area (Å²) >= 11 is 3.54. The molecule has 0 aromatic carbocycles. The maximum Gasteiger partial charge on any atom is 0.185 e. The molecule has 0 radical (unpaired) electrons. The van der Waals surface area contributed by atoms with Gasteiger partial charge in [-0.1, -0.05) is 6.92 Å². The lowest BCUT2D eigenvalue weighted by atomic mass is 9.99. The van der Waals surface area contributed by atoms with Crippen LogP contribution in [0.15, 0.2) is 11.6 Å². The van der Waals surface area contributed by atoms with Crippen LogP contribution in [0.3, 0.4) is 0 Å². The average molecular weight is 443 g/mol. The topological polar surface area (TPSA) is 48.4 Å². The Balaban J connectivity index is 1.41. The summed E-state index contributed by atoms with van der Waals surface area (Å²) in [5.74, 6) is 2.97. The molecule has 5 rings (SSSR count). The molecule has 0 N–H and O–H groups in total. The van der Waals surface area contributed by atoms with E-state index in [1.807, 2.05) is 17.5 Å². The Morgan fingerprint density at radius 3 is 2.43 bits per heavy atom. The smallest absolute Gasteiger partial charge is 0.185 e. The highest BCUT2D eigenvalue weighted by Gasteiger charge is 2.25. The first-order valence-corrected chi connectivity index (χ1v) is 12.7. The minimum Gasteiger partial charge on any atom is -0.352 e. The standard InChI is InChI=1S/C22H30N6S2/c1-15-4-7-26(8-5-15)14-18-24-20(19-16(2)17(3)30-21(19)25-18)27-9-11-28(12-10-27)22-23-6-13-29-22/h6,13,15H,4-5,7-12,14H2,1-3H3. The van der Waals surface area contributed by atoms with Gasteiger partial charge >= 0.3 is 0 Å². The van der Waals surface area contributed by atoms with Gasteiger partial charge < -0.3 is 9.80 Å². The number of likely N-dealkylation sites (tertiary alicyclic amines) is 1. The van der Waals surface area contributed by atoms with Crippen molar-refractivity contribution < 1.29 is 0 Å². The molecule has 0 bridgehead atoms.